The number of aromatic nitrogens is 2. The van der Waals surface area contributed by atoms with Crippen LogP contribution in [-0.4, -0.2) is 22.9 Å². The van der Waals surface area contributed by atoms with Crippen molar-refractivity contribution >= 4 is 0 Å². The lowest BCUT2D eigenvalue weighted by Gasteiger charge is -2.42. The van der Waals surface area contributed by atoms with E-state index in [2.05, 4.69) is 43.0 Å². The number of nitrogens with zero attached hydrogens (tertiary/aromatic N) is 2. The molecule has 0 saturated carbocycles. The first-order chi connectivity index (χ1) is 8.19. The molecule has 2 rings (SSSR count). The molecule has 96 valence electrons. The van der Waals surface area contributed by atoms with Gasteiger partial charge < -0.3 is 5.32 Å². The van der Waals surface area contributed by atoms with Crippen LogP contribution in [0.3, 0.4) is 0 Å². The zero-order valence-corrected chi connectivity index (χ0v) is 11.4. The Morgan fingerprint density at radius 1 is 1.47 bits per heavy atom. The van der Waals surface area contributed by atoms with Crippen LogP contribution in [0.1, 0.15) is 51.8 Å². The maximum absolute atomic E-state index is 4.72. The minimum Gasteiger partial charge on any atom is -0.316 e. The lowest BCUT2D eigenvalue weighted by molar-refractivity contribution is 0.148. The number of nitrogens with one attached hydrogen (secondary N) is 1. The first-order valence-corrected chi connectivity index (χ1v) is 6.94. The Bertz CT molecular complexity index is 352. The summed E-state index contributed by atoms with van der Waals surface area (Å²) in [7, 11) is 0. The fourth-order valence-corrected chi connectivity index (χ4v) is 2.69. The Balaban J connectivity index is 2.00. The van der Waals surface area contributed by atoms with Gasteiger partial charge in [0.05, 0.1) is 5.69 Å². The van der Waals surface area contributed by atoms with Gasteiger partial charge in [0, 0.05) is 30.7 Å². The fraction of sp³-hybridized carbons (Fsp3) is 0.786. The normalized spacial score (nSPS) is 19.9. The predicted molar refractivity (Wildman–Crippen MR) is 71.1 cm³/mol. The van der Waals surface area contributed by atoms with E-state index < -0.39 is 0 Å². The van der Waals surface area contributed by atoms with E-state index in [-0.39, 0.29) is 0 Å². The van der Waals surface area contributed by atoms with E-state index in [9.17, 15) is 0 Å². The van der Waals surface area contributed by atoms with Crippen molar-refractivity contribution in [3.05, 3.63) is 18.0 Å². The first-order valence-electron chi connectivity index (χ1n) is 6.94. The molecule has 1 fully saturated rings. The summed E-state index contributed by atoms with van der Waals surface area (Å²) in [5.74, 6) is 0. The molecule has 2 heterocycles. The van der Waals surface area contributed by atoms with Crippen LogP contribution >= 0.6 is 0 Å². The van der Waals surface area contributed by atoms with Gasteiger partial charge in [-0.3, -0.25) is 4.68 Å². The van der Waals surface area contributed by atoms with E-state index in [0.29, 0.717) is 11.5 Å². The minimum atomic E-state index is 0.489. The zero-order valence-electron chi connectivity index (χ0n) is 11.4. The molecular weight excluding hydrogens is 210 g/mol. The Morgan fingerprint density at radius 2 is 2.24 bits per heavy atom. The molecule has 0 bridgehead atoms. The van der Waals surface area contributed by atoms with Gasteiger partial charge in [0.25, 0.3) is 0 Å². The Hall–Kier alpha value is -0.830. The van der Waals surface area contributed by atoms with E-state index in [1.165, 1.54) is 18.5 Å². The van der Waals surface area contributed by atoms with E-state index in [0.717, 1.165) is 25.9 Å². The molecule has 1 unspecified atom stereocenters. The molecule has 0 spiro atoms. The van der Waals surface area contributed by atoms with Crippen LogP contribution < -0.4 is 5.32 Å². The fourth-order valence-electron chi connectivity index (χ4n) is 2.69. The topological polar surface area (TPSA) is 29.9 Å². The van der Waals surface area contributed by atoms with Gasteiger partial charge in [0.15, 0.2) is 0 Å². The summed E-state index contributed by atoms with van der Waals surface area (Å²) in [6.45, 7) is 9.04. The average molecular weight is 235 g/mol. The average Bonchev–Trinajstić information content (AvgIpc) is 2.73. The molecule has 0 radical (unpaired) electrons. The summed E-state index contributed by atoms with van der Waals surface area (Å²) >= 11 is 0. The molecule has 1 aliphatic rings. The van der Waals surface area contributed by atoms with Crippen LogP contribution in [0.5, 0.6) is 0 Å². The summed E-state index contributed by atoms with van der Waals surface area (Å²) in [6, 6.07) is 2.72. The monoisotopic (exact) mass is 235 g/mol. The van der Waals surface area contributed by atoms with E-state index in [1.807, 2.05) is 0 Å². The van der Waals surface area contributed by atoms with Gasteiger partial charge in [-0.05, 0) is 32.3 Å². The van der Waals surface area contributed by atoms with Crippen molar-refractivity contribution in [2.45, 2.75) is 52.5 Å². The third kappa shape index (κ3) is 2.71. The van der Waals surface area contributed by atoms with Crippen LogP contribution in [0, 0.1) is 5.41 Å². The Labute approximate surface area is 105 Å². The molecule has 1 N–H and O–H groups in total. The third-order valence-electron chi connectivity index (χ3n) is 4.04. The maximum Gasteiger partial charge on any atom is 0.0631 e. The highest BCUT2D eigenvalue weighted by Gasteiger charge is 2.36. The molecule has 17 heavy (non-hydrogen) atoms. The van der Waals surface area contributed by atoms with Gasteiger partial charge in [-0.1, -0.05) is 20.3 Å². The second kappa shape index (κ2) is 5.21. The van der Waals surface area contributed by atoms with Crippen LogP contribution in [0.25, 0.3) is 0 Å². The molecule has 1 aromatic heterocycles. The number of hydrogen-bond donors (Lipinski definition) is 1. The van der Waals surface area contributed by atoms with Gasteiger partial charge in [-0.25, -0.2) is 0 Å². The van der Waals surface area contributed by atoms with Crippen molar-refractivity contribution in [3.63, 3.8) is 0 Å². The van der Waals surface area contributed by atoms with Crippen molar-refractivity contribution in [2.24, 2.45) is 5.41 Å². The lowest BCUT2D eigenvalue weighted by Crippen LogP contribution is -2.54. The summed E-state index contributed by atoms with van der Waals surface area (Å²) in [5, 5.41) is 8.13. The molecule has 0 aliphatic carbocycles. The standard InChI is InChI=1S/C14H25N3/c1-4-7-14(10-15-11-14)9-13-6-8-17(16-13)12(3)5-2/h6,8,12,15H,4-5,7,9-11H2,1-3H3. The largest absolute Gasteiger partial charge is 0.316 e. The van der Waals surface area contributed by atoms with E-state index in [4.69, 9.17) is 5.10 Å². The van der Waals surface area contributed by atoms with Crippen molar-refractivity contribution in [1.82, 2.24) is 15.1 Å². The smallest absolute Gasteiger partial charge is 0.0631 e. The van der Waals surface area contributed by atoms with Crippen molar-refractivity contribution in [3.8, 4) is 0 Å². The maximum atomic E-state index is 4.72. The van der Waals surface area contributed by atoms with Gasteiger partial charge >= 0.3 is 0 Å². The van der Waals surface area contributed by atoms with E-state index >= 15 is 0 Å². The van der Waals surface area contributed by atoms with Gasteiger partial charge in [-0.2, -0.15) is 5.10 Å². The van der Waals surface area contributed by atoms with Crippen LogP contribution in [-0.2, 0) is 6.42 Å². The van der Waals surface area contributed by atoms with Gasteiger partial charge in [0.1, 0.15) is 0 Å². The second-order valence-electron chi connectivity index (χ2n) is 5.57. The van der Waals surface area contributed by atoms with Gasteiger partial charge in [0.2, 0.25) is 0 Å². The minimum absolute atomic E-state index is 0.489. The third-order valence-corrected chi connectivity index (χ3v) is 4.04. The predicted octanol–water partition coefficient (Wildman–Crippen LogP) is 2.79. The second-order valence-corrected chi connectivity index (χ2v) is 5.57. The number of hydrogen-bond acceptors (Lipinski definition) is 2. The summed E-state index contributed by atoms with van der Waals surface area (Å²) in [5.41, 5.74) is 1.75. The SMILES string of the molecule is CCCC1(Cc2ccn(C(C)CC)n2)CNC1. The highest BCUT2D eigenvalue weighted by molar-refractivity contribution is 5.07. The molecule has 1 aliphatic heterocycles. The highest BCUT2D eigenvalue weighted by atomic mass is 15.3. The number of rotatable bonds is 6. The Kier molecular flexibility index (Phi) is 3.87. The first kappa shape index (κ1) is 12.6. The molecule has 3 nitrogen and oxygen atoms in total. The quantitative estimate of drug-likeness (QED) is 0.821. The van der Waals surface area contributed by atoms with Crippen LogP contribution in [0.2, 0.25) is 0 Å². The molecule has 3 heteroatoms. The van der Waals surface area contributed by atoms with E-state index in [1.54, 1.807) is 0 Å². The van der Waals surface area contributed by atoms with Gasteiger partial charge in [-0.15, -0.1) is 0 Å². The zero-order chi connectivity index (χ0) is 12.3. The molecule has 0 aromatic carbocycles. The summed E-state index contributed by atoms with van der Waals surface area (Å²) in [6.07, 6.45) is 7.00. The molecule has 1 atom stereocenters. The molecule has 0 amide bonds. The summed E-state index contributed by atoms with van der Waals surface area (Å²) in [4.78, 5) is 0. The Morgan fingerprint density at radius 3 is 2.76 bits per heavy atom. The highest BCUT2D eigenvalue weighted by Crippen LogP contribution is 2.32. The lowest BCUT2D eigenvalue weighted by atomic mass is 9.74. The van der Waals surface area contributed by atoms with Crippen molar-refractivity contribution < 1.29 is 0 Å². The molecular formula is C14H25N3. The van der Waals surface area contributed by atoms with Crippen LogP contribution in [0.4, 0.5) is 0 Å². The molecule has 1 saturated heterocycles. The summed E-state index contributed by atoms with van der Waals surface area (Å²) < 4.78 is 2.11. The van der Waals surface area contributed by atoms with Crippen LogP contribution in [0.15, 0.2) is 12.3 Å². The van der Waals surface area contributed by atoms with Crippen molar-refractivity contribution in [1.29, 1.82) is 0 Å². The van der Waals surface area contributed by atoms with Crippen molar-refractivity contribution in [2.75, 3.05) is 13.1 Å². The molecule has 1 aromatic rings.